The number of aromatic nitrogens is 4. The maximum atomic E-state index is 12.6. The van der Waals surface area contributed by atoms with E-state index in [1.807, 2.05) is 29.6 Å². The molecule has 0 saturated carbocycles. The van der Waals surface area contributed by atoms with Crippen LogP contribution in [0.5, 0.6) is 0 Å². The molecule has 0 aliphatic carbocycles. The molecule has 0 saturated heterocycles. The van der Waals surface area contributed by atoms with Gasteiger partial charge < -0.3 is 5.32 Å². The fourth-order valence-electron chi connectivity index (χ4n) is 2.91. The second kappa shape index (κ2) is 8.98. The van der Waals surface area contributed by atoms with Gasteiger partial charge >= 0.3 is 0 Å². The van der Waals surface area contributed by atoms with Crippen molar-refractivity contribution in [1.29, 1.82) is 0 Å². The van der Waals surface area contributed by atoms with Gasteiger partial charge in [-0.3, -0.25) is 14.9 Å². The molecule has 0 unspecified atom stereocenters. The number of nitrogens with zero attached hydrogens (tertiary/aromatic N) is 3. The van der Waals surface area contributed by atoms with Crippen molar-refractivity contribution in [2.75, 3.05) is 6.54 Å². The minimum Gasteiger partial charge on any atom is -0.352 e. The van der Waals surface area contributed by atoms with Crippen LogP contribution in [0.4, 0.5) is 0 Å². The van der Waals surface area contributed by atoms with Crippen LogP contribution in [0.2, 0.25) is 5.02 Å². The van der Waals surface area contributed by atoms with Crippen molar-refractivity contribution in [3.63, 3.8) is 0 Å². The highest BCUT2D eigenvalue weighted by atomic mass is 35.5. The number of aromatic amines is 1. The highest BCUT2D eigenvalue weighted by Crippen LogP contribution is 2.23. The van der Waals surface area contributed by atoms with Gasteiger partial charge in [-0.2, -0.15) is 5.10 Å². The largest absolute Gasteiger partial charge is 0.352 e. The number of pyridine rings is 1. The minimum absolute atomic E-state index is 0.152. The van der Waals surface area contributed by atoms with E-state index < -0.39 is 0 Å². The highest BCUT2D eigenvalue weighted by molar-refractivity contribution is 7.09. The van der Waals surface area contributed by atoms with E-state index in [2.05, 4.69) is 25.5 Å². The molecule has 0 aliphatic rings. The Morgan fingerprint density at radius 2 is 1.90 bits per heavy atom. The number of hydrogen-bond donors (Lipinski definition) is 2. The first-order valence-electron chi connectivity index (χ1n) is 9.13. The van der Waals surface area contributed by atoms with E-state index in [0.717, 1.165) is 34.7 Å². The van der Waals surface area contributed by atoms with E-state index in [1.54, 1.807) is 42.1 Å². The molecule has 0 spiro atoms. The number of carbonyl (C=O) groups excluding carboxylic acids is 1. The molecule has 0 radical (unpaired) electrons. The zero-order chi connectivity index (χ0) is 20.1. The van der Waals surface area contributed by atoms with Crippen molar-refractivity contribution in [2.24, 2.45) is 0 Å². The van der Waals surface area contributed by atoms with Gasteiger partial charge in [-0.1, -0.05) is 23.7 Å². The molecule has 1 amide bonds. The molecule has 146 valence electrons. The molecule has 0 bridgehead atoms. The number of carbonyl (C=O) groups is 1. The lowest BCUT2D eigenvalue weighted by molar-refractivity contribution is 0.0954. The average Bonchev–Trinajstić information content (AvgIpc) is 3.42. The van der Waals surface area contributed by atoms with E-state index in [0.29, 0.717) is 22.8 Å². The van der Waals surface area contributed by atoms with Crippen LogP contribution in [-0.2, 0) is 6.42 Å². The molecule has 1 aromatic carbocycles. The summed E-state index contributed by atoms with van der Waals surface area (Å²) in [5.74, 6) is -0.152. The molecular formula is C21H18ClN5OS. The first-order valence-corrected chi connectivity index (χ1v) is 10.4. The Balaban J connectivity index is 1.31. The third-order valence-corrected chi connectivity index (χ3v) is 5.56. The first-order chi connectivity index (χ1) is 14.2. The van der Waals surface area contributed by atoms with E-state index in [-0.39, 0.29) is 5.91 Å². The molecule has 6 nitrogen and oxygen atoms in total. The normalized spacial score (nSPS) is 10.8. The molecule has 4 aromatic rings. The molecule has 8 heteroatoms. The van der Waals surface area contributed by atoms with Crippen LogP contribution >= 0.6 is 22.9 Å². The standard InChI is InChI=1S/C21H18ClN5OS/c22-16-5-3-15(4-6-16)20-17(12-25-27-20)21(28)24-9-1-2-19-26-18(13-29-19)14-7-10-23-11-8-14/h3-8,10-13H,1-2,9H2,(H,24,28)(H,25,27). The van der Waals surface area contributed by atoms with Crippen molar-refractivity contribution in [1.82, 2.24) is 25.5 Å². The van der Waals surface area contributed by atoms with Gasteiger partial charge in [-0.05, 0) is 30.7 Å². The summed E-state index contributed by atoms with van der Waals surface area (Å²) in [6.45, 7) is 0.564. The first kappa shape index (κ1) is 19.3. The summed E-state index contributed by atoms with van der Waals surface area (Å²) in [7, 11) is 0. The van der Waals surface area contributed by atoms with E-state index in [9.17, 15) is 4.79 Å². The van der Waals surface area contributed by atoms with Crippen LogP contribution in [0.1, 0.15) is 21.8 Å². The number of halogens is 1. The van der Waals surface area contributed by atoms with Crippen LogP contribution in [0.25, 0.3) is 22.5 Å². The van der Waals surface area contributed by atoms with Crippen molar-refractivity contribution < 1.29 is 4.79 Å². The van der Waals surface area contributed by atoms with Gasteiger partial charge in [-0.15, -0.1) is 11.3 Å². The number of nitrogens with one attached hydrogen (secondary N) is 2. The number of rotatable bonds is 7. The number of hydrogen-bond acceptors (Lipinski definition) is 5. The Kier molecular flexibility index (Phi) is 5.97. The molecule has 0 aliphatic heterocycles. The van der Waals surface area contributed by atoms with Crippen LogP contribution in [0.15, 0.2) is 60.4 Å². The Bertz CT molecular complexity index is 1090. The molecule has 29 heavy (non-hydrogen) atoms. The van der Waals surface area contributed by atoms with Gasteiger partial charge in [0.15, 0.2) is 0 Å². The molecule has 3 heterocycles. The van der Waals surface area contributed by atoms with Crippen molar-refractivity contribution in [3.8, 4) is 22.5 Å². The lowest BCUT2D eigenvalue weighted by Crippen LogP contribution is -2.24. The Morgan fingerprint density at radius 1 is 1.10 bits per heavy atom. The number of thiazole rings is 1. The smallest absolute Gasteiger partial charge is 0.255 e. The summed E-state index contributed by atoms with van der Waals surface area (Å²) in [6.07, 6.45) is 6.69. The summed E-state index contributed by atoms with van der Waals surface area (Å²) >= 11 is 7.57. The molecule has 4 rings (SSSR count). The van der Waals surface area contributed by atoms with Gasteiger partial charge in [0, 0.05) is 46.9 Å². The molecule has 0 fully saturated rings. The third kappa shape index (κ3) is 4.70. The number of amides is 1. The van der Waals surface area contributed by atoms with Gasteiger partial charge in [0.25, 0.3) is 5.91 Å². The fourth-order valence-corrected chi connectivity index (χ4v) is 3.89. The predicted molar refractivity (Wildman–Crippen MR) is 115 cm³/mol. The summed E-state index contributed by atoms with van der Waals surface area (Å²) in [4.78, 5) is 21.2. The maximum Gasteiger partial charge on any atom is 0.255 e. The third-order valence-electron chi connectivity index (χ3n) is 4.40. The summed E-state index contributed by atoms with van der Waals surface area (Å²) in [5, 5.41) is 13.6. The number of aryl methyl sites for hydroxylation is 1. The van der Waals surface area contributed by atoms with Crippen LogP contribution in [-0.4, -0.2) is 32.6 Å². The van der Waals surface area contributed by atoms with Crippen LogP contribution in [0, 0.1) is 0 Å². The van der Waals surface area contributed by atoms with E-state index in [1.165, 1.54) is 0 Å². The minimum atomic E-state index is -0.152. The summed E-state index contributed by atoms with van der Waals surface area (Å²) in [5.41, 5.74) is 4.08. The summed E-state index contributed by atoms with van der Waals surface area (Å²) < 4.78 is 0. The van der Waals surface area contributed by atoms with E-state index >= 15 is 0 Å². The highest BCUT2D eigenvalue weighted by Gasteiger charge is 2.15. The Labute approximate surface area is 177 Å². The van der Waals surface area contributed by atoms with Gasteiger partial charge in [0.1, 0.15) is 0 Å². The average molecular weight is 424 g/mol. The van der Waals surface area contributed by atoms with Crippen molar-refractivity contribution >= 4 is 28.8 Å². The lowest BCUT2D eigenvalue weighted by Gasteiger charge is -2.05. The van der Waals surface area contributed by atoms with Gasteiger partial charge in [0.2, 0.25) is 0 Å². The van der Waals surface area contributed by atoms with Crippen LogP contribution < -0.4 is 5.32 Å². The Morgan fingerprint density at radius 3 is 2.69 bits per heavy atom. The van der Waals surface area contributed by atoms with Gasteiger partial charge in [0.05, 0.1) is 28.2 Å². The molecule has 0 atom stereocenters. The number of H-pyrrole nitrogens is 1. The van der Waals surface area contributed by atoms with Crippen molar-refractivity contribution in [3.05, 3.63) is 76.0 Å². The zero-order valence-electron chi connectivity index (χ0n) is 15.4. The topological polar surface area (TPSA) is 83.6 Å². The van der Waals surface area contributed by atoms with Crippen molar-refractivity contribution in [2.45, 2.75) is 12.8 Å². The van der Waals surface area contributed by atoms with Gasteiger partial charge in [-0.25, -0.2) is 4.98 Å². The Hall–Kier alpha value is -3.03. The van der Waals surface area contributed by atoms with Crippen LogP contribution in [0.3, 0.4) is 0 Å². The monoisotopic (exact) mass is 423 g/mol. The molecule has 3 aromatic heterocycles. The summed E-state index contributed by atoms with van der Waals surface area (Å²) in [6, 6.07) is 11.2. The second-order valence-corrected chi connectivity index (χ2v) is 7.77. The predicted octanol–water partition coefficient (Wildman–Crippen LogP) is 4.61. The maximum absolute atomic E-state index is 12.6. The second-order valence-electron chi connectivity index (χ2n) is 6.39. The number of benzene rings is 1. The molecule has 2 N–H and O–H groups in total. The zero-order valence-corrected chi connectivity index (χ0v) is 17.0. The molecular weight excluding hydrogens is 406 g/mol. The fraction of sp³-hybridized carbons (Fsp3) is 0.143. The lowest BCUT2D eigenvalue weighted by atomic mass is 10.1. The quantitative estimate of drug-likeness (QED) is 0.425. The SMILES string of the molecule is O=C(NCCCc1nc(-c2ccncc2)cs1)c1cn[nH]c1-c1ccc(Cl)cc1. The van der Waals surface area contributed by atoms with E-state index in [4.69, 9.17) is 11.6 Å².